The molecule has 4 rings (SSSR count). The Balaban J connectivity index is 1.28. The van der Waals surface area contributed by atoms with E-state index in [1.165, 1.54) is 12.8 Å². The van der Waals surface area contributed by atoms with E-state index < -0.39 is 0 Å². The van der Waals surface area contributed by atoms with Gasteiger partial charge in [-0.2, -0.15) is 5.10 Å². The number of hydrogen-bond acceptors (Lipinski definition) is 5. The minimum absolute atomic E-state index is 0.0356. The summed E-state index contributed by atoms with van der Waals surface area (Å²) in [6.07, 6.45) is 11.5. The molecule has 0 saturated carbocycles. The highest BCUT2D eigenvalue weighted by atomic mass is 16.1. The second-order valence-electron chi connectivity index (χ2n) is 7.19. The minimum atomic E-state index is 0.0356. The lowest BCUT2D eigenvalue weighted by Gasteiger charge is -2.24. The van der Waals surface area contributed by atoms with E-state index in [1.807, 2.05) is 23.1 Å². The first-order valence-corrected chi connectivity index (χ1v) is 9.64. The summed E-state index contributed by atoms with van der Waals surface area (Å²) < 4.78 is 1.89. The first-order chi connectivity index (χ1) is 12.8. The van der Waals surface area contributed by atoms with Crippen molar-refractivity contribution in [3.8, 4) is 0 Å². The molecule has 2 aromatic rings. The lowest BCUT2D eigenvalue weighted by Crippen LogP contribution is -2.35. The maximum atomic E-state index is 12.5. The third-order valence-electron chi connectivity index (χ3n) is 5.32. The predicted octanol–water partition coefficient (Wildman–Crippen LogP) is 1.58. The smallest absolute Gasteiger partial charge is 0.225 e. The Labute approximate surface area is 153 Å². The molecule has 1 atom stereocenters. The number of aryl methyl sites for hydroxylation is 2. The number of rotatable bonds is 6. The highest BCUT2D eigenvalue weighted by Crippen LogP contribution is 2.26. The highest BCUT2D eigenvalue weighted by Gasteiger charge is 2.26. The molecular formula is C19H26N6O. The molecule has 0 radical (unpaired) electrons. The van der Waals surface area contributed by atoms with Gasteiger partial charge in [-0.1, -0.05) is 0 Å². The van der Waals surface area contributed by atoms with Gasteiger partial charge >= 0.3 is 0 Å². The van der Waals surface area contributed by atoms with Gasteiger partial charge in [0.15, 0.2) is 0 Å². The number of anilines is 1. The van der Waals surface area contributed by atoms with Gasteiger partial charge in [-0.05, 0) is 50.2 Å². The summed E-state index contributed by atoms with van der Waals surface area (Å²) in [4.78, 5) is 24.0. The van der Waals surface area contributed by atoms with Crippen LogP contribution in [0.5, 0.6) is 0 Å². The number of nitrogens with one attached hydrogen (secondary N) is 1. The van der Waals surface area contributed by atoms with E-state index in [1.54, 1.807) is 6.20 Å². The van der Waals surface area contributed by atoms with E-state index in [0.29, 0.717) is 6.54 Å². The molecule has 1 aliphatic carbocycles. The fraction of sp³-hybridized carbons (Fsp3) is 0.579. The third-order valence-corrected chi connectivity index (χ3v) is 5.32. The van der Waals surface area contributed by atoms with Gasteiger partial charge in [0.2, 0.25) is 11.9 Å². The number of nitrogens with zero attached hydrogens (tertiary/aromatic N) is 5. The maximum absolute atomic E-state index is 12.5. The van der Waals surface area contributed by atoms with Gasteiger partial charge in [0.05, 0.1) is 0 Å². The van der Waals surface area contributed by atoms with Gasteiger partial charge in [0.1, 0.15) is 0 Å². The molecule has 138 valence electrons. The predicted molar refractivity (Wildman–Crippen MR) is 98.8 cm³/mol. The number of fused-ring (bicyclic) bond motifs is 1. The van der Waals surface area contributed by atoms with E-state index in [9.17, 15) is 4.79 Å². The highest BCUT2D eigenvalue weighted by molar-refractivity contribution is 5.79. The van der Waals surface area contributed by atoms with Crippen molar-refractivity contribution >= 4 is 11.9 Å². The van der Waals surface area contributed by atoms with Crippen molar-refractivity contribution in [2.75, 3.05) is 24.5 Å². The van der Waals surface area contributed by atoms with Gasteiger partial charge in [-0.3, -0.25) is 9.48 Å². The first kappa shape index (κ1) is 17.0. The molecule has 7 nitrogen and oxygen atoms in total. The number of aromatic nitrogens is 4. The van der Waals surface area contributed by atoms with Crippen molar-refractivity contribution in [2.45, 2.75) is 45.1 Å². The van der Waals surface area contributed by atoms with E-state index >= 15 is 0 Å². The van der Waals surface area contributed by atoms with Crippen LogP contribution in [-0.2, 0) is 24.2 Å². The summed E-state index contributed by atoms with van der Waals surface area (Å²) >= 11 is 0. The monoisotopic (exact) mass is 354 g/mol. The second-order valence-corrected chi connectivity index (χ2v) is 7.19. The van der Waals surface area contributed by atoms with Crippen LogP contribution in [0.1, 0.15) is 36.9 Å². The van der Waals surface area contributed by atoms with E-state index in [0.717, 1.165) is 62.5 Å². The molecular weight excluding hydrogens is 328 g/mol. The van der Waals surface area contributed by atoms with Crippen LogP contribution < -0.4 is 10.2 Å². The van der Waals surface area contributed by atoms with Gasteiger partial charge in [-0.15, -0.1) is 0 Å². The molecule has 1 fully saturated rings. The Morgan fingerprint density at radius 1 is 1.31 bits per heavy atom. The van der Waals surface area contributed by atoms with Crippen molar-refractivity contribution in [1.29, 1.82) is 0 Å². The molecule has 0 unspecified atom stereocenters. The number of hydrogen-bond donors (Lipinski definition) is 1. The van der Waals surface area contributed by atoms with Gasteiger partial charge in [0.25, 0.3) is 0 Å². The Kier molecular flexibility index (Phi) is 5.13. The summed E-state index contributed by atoms with van der Waals surface area (Å²) in [5, 5.41) is 7.24. The van der Waals surface area contributed by atoms with E-state index in [-0.39, 0.29) is 11.8 Å². The van der Waals surface area contributed by atoms with Gasteiger partial charge in [-0.25, -0.2) is 9.97 Å². The summed E-state index contributed by atoms with van der Waals surface area (Å²) in [6.45, 7) is 3.63. The van der Waals surface area contributed by atoms with E-state index in [4.69, 9.17) is 4.98 Å². The van der Waals surface area contributed by atoms with Crippen LogP contribution in [0.4, 0.5) is 5.95 Å². The molecule has 1 aliphatic heterocycles. The second kappa shape index (κ2) is 7.85. The molecule has 2 aromatic heterocycles. The number of carbonyl (C=O) groups excluding carboxylic acids is 1. The molecule has 3 heterocycles. The van der Waals surface area contributed by atoms with Crippen LogP contribution in [0.3, 0.4) is 0 Å². The summed E-state index contributed by atoms with van der Waals surface area (Å²) in [6, 6.07) is 1.91. The van der Waals surface area contributed by atoms with Crippen LogP contribution in [0.2, 0.25) is 0 Å². The van der Waals surface area contributed by atoms with Gasteiger partial charge < -0.3 is 10.2 Å². The SMILES string of the molecule is O=C(NCCCn1cccn1)[C@H]1CCc2nc(N3CCCC3)ncc2C1. The Morgan fingerprint density at radius 2 is 2.19 bits per heavy atom. The van der Waals surface area contributed by atoms with Crippen molar-refractivity contribution in [3.63, 3.8) is 0 Å². The molecule has 0 spiro atoms. The maximum Gasteiger partial charge on any atom is 0.225 e. The third kappa shape index (κ3) is 3.86. The molecule has 0 bridgehead atoms. The standard InChI is InChI=1S/C19H26N6O/c26-18(20-7-3-11-25-12-4-8-22-25)15-5-6-17-16(13-15)14-21-19(23-17)24-9-1-2-10-24/h4,8,12,14-15H,1-3,5-7,9-11,13H2,(H,20,26)/t15-/m0/s1. The minimum Gasteiger partial charge on any atom is -0.356 e. The van der Waals surface area contributed by atoms with Crippen molar-refractivity contribution < 1.29 is 4.79 Å². The lowest BCUT2D eigenvalue weighted by molar-refractivity contribution is -0.125. The molecule has 7 heteroatoms. The number of amides is 1. The zero-order valence-corrected chi connectivity index (χ0v) is 15.1. The molecule has 26 heavy (non-hydrogen) atoms. The zero-order valence-electron chi connectivity index (χ0n) is 15.1. The Morgan fingerprint density at radius 3 is 3.00 bits per heavy atom. The molecule has 2 aliphatic rings. The van der Waals surface area contributed by atoms with Crippen molar-refractivity contribution in [2.24, 2.45) is 5.92 Å². The van der Waals surface area contributed by atoms with Crippen LogP contribution in [0, 0.1) is 5.92 Å². The molecule has 0 aromatic carbocycles. The largest absolute Gasteiger partial charge is 0.356 e. The molecule has 1 saturated heterocycles. The summed E-state index contributed by atoms with van der Waals surface area (Å²) in [7, 11) is 0. The first-order valence-electron chi connectivity index (χ1n) is 9.64. The Hall–Kier alpha value is -2.44. The molecule has 1 amide bonds. The average Bonchev–Trinajstić information content (AvgIpc) is 3.38. The van der Waals surface area contributed by atoms with Crippen LogP contribution >= 0.6 is 0 Å². The Bertz CT molecular complexity index is 738. The van der Waals surface area contributed by atoms with Crippen LogP contribution in [0.15, 0.2) is 24.7 Å². The number of carbonyl (C=O) groups is 1. The molecule has 1 N–H and O–H groups in total. The van der Waals surface area contributed by atoms with Crippen molar-refractivity contribution in [3.05, 3.63) is 35.9 Å². The normalized spacial score (nSPS) is 19.4. The van der Waals surface area contributed by atoms with Gasteiger partial charge in [0, 0.05) is 56.4 Å². The fourth-order valence-corrected chi connectivity index (χ4v) is 3.82. The van der Waals surface area contributed by atoms with E-state index in [2.05, 4.69) is 20.3 Å². The summed E-state index contributed by atoms with van der Waals surface area (Å²) in [5.74, 6) is 1.05. The fourth-order valence-electron chi connectivity index (χ4n) is 3.82. The average molecular weight is 354 g/mol. The van der Waals surface area contributed by atoms with Crippen LogP contribution in [-0.4, -0.2) is 45.3 Å². The van der Waals surface area contributed by atoms with Crippen LogP contribution in [0.25, 0.3) is 0 Å². The zero-order chi connectivity index (χ0) is 17.8. The van der Waals surface area contributed by atoms with Crippen molar-refractivity contribution in [1.82, 2.24) is 25.1 Å². The summed E-state index contributed by atoms with van der Waals surface area (Å²) in [5.41, 5.74) is 2.26. The lowest BCUT2D eigenvalue weighted by atomic mass is 9.86. The topological polar surface area (TPSA) is 75.9 Å². The quantitative estimate of drug-likeness (QED) is 0.797.